The van der Waals surface area contributed by atoms with E-state index in [2.05, 4.69) is 15.9 Å². The van der Waals surface area contributed by atoms with Crippen LogP contribution in [0.4, 0.5) is 0 Å². The molecule has 0 radical (unpaired) electrons. The maximum Gasteiger partial charge on any atom is 0.266 e. The van der Waals surface area contributed by atoms with Gasteiger partial charge in [0.1, 0.15) is 10.6 Å². The molecule has 0 fully saturated rings. The molecule has 1 aromatic rings. The van der Waals surface area contributed by atoms with Crippen molar-refractivity contribution >= 4 is 31.9 Å². The molecule has 1 aliphatic heterocycles. The average molecular weight is 292 g/mol. The second-order valence-corrected chi connectivity index (χ2v) is 5.42. The lowest BCUT2D eigenvalue weighted by Crippen LogP contribution is -2.20. The van der Waals surface area contributed by atoms with Crippen molar-refractivity contribution in [3.8, 4) is 5.75 Å². The van der Waals surface area contributed by atoms with Crippen molar-refractivity contribution in [2.24, 2.45) is 0 Å². The van der Waals surface area contributed by atoms with E-state index in [1.165, 1.54) is 19.2 Å². The first-order chi connectivity index (χ1) is 6.95. The summed E-state index contributed by atoms with van der Waals surface area (Å²) < 4.78 is 30.3. The van der Waals surface area contributed by atoms with Gasteiger partial charge in [-0.25, -0.2) is 13.1 Å². The second kappa shape index (κ2) is 3.21. The molecule has 7 heteroatoms. The number of benzene rings is 1. The lowest BCUT2D eigenvalue weighted by atomic mass is 10.2. The van der Waals surface area contributed by atoms with E-state index in [1.54, 1.807) is 0 Å². The highest BCUT2D eigenvalue weighted by atomic mass is 79.9. The van der Waals surface area contributed by atoms with Crippen LogP contribution >= 0.6 is 15.9 Å². The largest absolute Gasteiger partial charge is 0.496 e. The van der Waals surface area contributed by atoms with Gasteiger partial charge in [-0.2, -0.15) is 0 Å². The number of carbonyl (C=O) groups is 1. The van der Waals surface area contributed by atoms with Crippen molar-refractivity contribution < 1.29 is 17.9 Å². The lowest BCUT2D eigenvalue weighted by molar-refractivity contribution is 0.0985. The fourth-order valence-corrected chi connectivity index (χ4v) is 3.00. The molecule has 80 valence electrons. The fourth-order valence-electron chi connectivity index (χ4n) is 1.32. The van der Waals surface area contributed by atoms with E-state index in [4.69, 9.17) is 4.74 Å². The zero-order valence-electron chi connectivity index (χ0n) is 7.57. The van der Waals surface area contributed by atoms with Crippen LogP contribution in [-0.2, 0) is 10.0 Å². The maximum atomic E-state index is 11.4. The van der Waals surface area contributed by atoms with Gasteiger partial charge in [-0.1, -0.05) is 0 Å². The van der Waals surface area contributed by atoms with Crippen LogP contribution in [0.1, 0.15) is 10.4 Å². The quantitative estimate of drug-likeness (QED) is 0.834. The summed E-state index contributed by atoms with van der Waals surface area (Å²) in [6, 6.07) is 2.74. The van der Waals surface area contributed by atoms with E-state index in [0.29, 0.717) is 10.2 Å². The molecule has 1 aliphatic rings. The number of amides is 1. The molecule has 0 aliphatic carbocycles. The number of methoxy groups -OCH3 is 1. The van der Waals surface area contributed by atoms with Crippen molar-refractivity contribution in [3.05, 3.63) is 22.2 Å². The molecule has 1 N–H and O–H groups in total. The predicted molar refractivity (Wildman–Crippen MR) is 55.3 cm³/mol. The Morgan fingerprint density at radius 3 is 2.67 bits per heavy atom. The Morgan fingerprint density at radius 2 is 2.07 bits per heavy atom. The summed E-state index contributed by atoms with van der Waals surface area (Å²) in [5, 5.41) is 0. The second-order valence-electron chi connectivity index (χ2n) is 2.92. The monoisotopic (exact) mass is 291 g/mol. The molecule has 1 aromatic carbocycles. The molecular formula is C8H6BrNO4S. The molecule has 0 unspecified atom stereocenters. The van der Waals surface area contributed by atoms with Gasteiger partial charge in [0.05, 0.1) is 17.1 Å². The Hall–Kier alpha value is -1.08. The summed E-state index contributed by atoms with van der Waals surface area (Å²) in [5.74, 6) is -0.248. The van der Waals surface area contributed by atoms with Crippen LogP contribution in [-0.4, -0.2) is 21.4 Å². The van der Waals surface area contributed by atoms with Gasteiger partial charge in [0.25, 0.3) is 15.9 Å². The molecule has 0 aromatic heterocycles. The van der Waals surface area contributed by atoms with Gasteiger partial charge in [0.15, 0.2) is 0 Å². The Morgan fingerprint density at radius 1 is 1.40 bits per heavy atom. The Bertz CT molecular complexity index is 552. The van der Waals surface area contributed by atoms with Gasteiger partial charge in [0, 0.05) is 6.07 Å². The standard InChI is InChI=1S/C8H6BrNO4S/c1-14-6-3-7-4(2-5(6)9)8(11)10-15(7,12)13/h2-3H,1H3,(H,10,11). The van der Waals surface area contributed by atoms with Crippen molar-refractivity contribution in [2.45, 2.75) is 4.90 Å². The van der Waals surface area contributed by atoms with Crippen molar-refractivity contribution in [1.29, 1.82) is 0 Å². The Balaban J connectivity index is 2.77. The highest BCUT2D eigenvalue weighted by Crippen LogP contribution is 2.33. The molecule has 1 amide bonds. The molecule has 0 atom stereocenters. The normalized spacial score (nSPS) is 17.1. The molecule has 0 bridgehead atoms. The zero-order valence-corrected chi connectivity index (χ0v) is 9.98. The van der Waals surface area contributed by atoms with Crippen LogP contribution in [0.3, 0.4) is 0 Å². The van der Waals surface area contributed by atoms with Gasteiger partial charge in [-0.3, -0.25) is 4.79 Å². The average Bonchev–Trinajstić information content (AvgIpc) is 2.36. The molecular weight excluding hydrogens is 286 g/mol. The van der Waals surface area contributed by atoms with E-state index >= 15 is 0 Å². The van der Waals surface area contributed by atoms with E-state index in [9.17, 15) is 13.2 Å². The summed E-state index contributed by atoms with van der Waals surface area (Å²) in [7, 11) is -2.28. The van der Waals surface area contributed by atoms with E-state index in [-0.39, 0.29) is 10.5 Å². The first-order valence-corrected chi connectivity index (χ1v) is 6.18. The third kappa shape index (κ3) is 1.51. The molecule has 1 heterocycles. The van der Waals surface area contributed by atoms with Gasteiger partial charge < -0.3 is 4.74 Å². The minimum atomic E-state index is -3.70. The summed E-state index contributed by atoms with van der Waals surface area (Å²) in [5.41, 5.74) is 0.127. The van der Waals surface area contributed by atoms with E-state index in [1.807, 2.05) is 4.72 Å². The molecule has 0 saturated carbocycles. The van der Waals surface area contributed by atoms with Gasteiger partial charge in [-0.05, 0) is 22.0 Å². The highest BCUT2D eigenvalue weighted by Gasteiger charge is 2.33. The van der Waals surface area contributed by atoms with Gasteiger partial charge >= 0.3 is 0 Å². The fraction of sp³-hybridized carbons (Fsp3) is 0.125. The number of halogens is 1. The topological polar surface area (TPSA) is 72.5 Å². The summed E-state index contributed by atoms with van der Waals surface area (Å²) in [6.07, 6.45) is 0. The van der Waals surface area contributed by atoms with Crippen molar-refractivity contribution in [2.75, 3.05) is 7.11 Å². The lowest BCUT2D eigenvalue weighted by Gasteiger charge is -2.04. The third-order valence-corrected chi connectivity index (χ3v) is 4.01. The summed E-state index contributed by atoms with van der Waals surface area (Å²) in [4.78, 5) is 11.2. The van der Waals surface area contributed by atoms with Crippen LogP contribution in [0.25, 0.3) is 0 Å². The summed E-state index contributed by atoms with van der Waals surface area (Å²) >= 11 is 3.18. The first-order valence-electron chi connectivity index (χ1n) is 3.90. The van der Waals surface area contributed by atoms with Crippen molar-refractivity contribution in [3.63, 3.8) is 0 Å². The van der Waals surface area contributed by atoms with E-state index < -0.39 is 15.9 Å². The first kappa shape index (κ1) is 10.4. The minimum absolute atomic E-state index is 0.0486. The van der Waals surface area contributed by atoms with Crippen LogP contribution < -0.4 is 9.46 Å². The number of hydrogen-bond donors (Lipinski definition) is 1. The summed E-state index contributed by atoms with van der Waals surface area (Å²) in [6.45, 7) is 0. The highest BCUT2D eigenvalue weighted by molar-refractivity contribution is 9.10. The predicted octanol–water partition coefficient (Wildman–Crippen LogP) is 0.890. The number of hydrogen-bond acceptors (Lipinski definition) is 4. The van der Waals surface area contributed by atoms with E-state index in [0.717, 1.165) is 0 Å². The zero-order chi connectivity index (χ0) is 11.2. The number of sulfonamides is 1. The minimum Gasteiger partial charge on any atom is -0.496 e. The Labute approximate surface area is 94.6 Å². The van der Waals surface area contributed by atoms with Gasteiger partial charge in [-0.15, -0.1) is 0 Å². The van der Waals surface area contributed by atoms with Gasteiger partial charge in [0.2, 0.25) is 0 Å². The smallest absolute Gasteiger partial charge is 0.266 e. The Kier molecular flexibility index (Phi) is 2.23. The molecule has 0 spiro atoms. The number of rotatable bonds is 1. The number of carbonyl (C=O) groups excluding carboxylic acids is 1. The molecule has 5 nitrogen and oxygen atoms in total. The van der Waals surface area contributed by atoms with Crippen LogP contribution in [0.5, 0.6) is 5.75 Å². The van der Waals surface area contributed by atoms with Crippen LogP contribution in [0.2, 0.25) is 0 Å². The maximum absolute atomic E-state index is 11.4. The number of fused-ring (bicyclic) bond motifs is 1. The number of ether oxygens (including phenoxy) is 1. The number of nitrogens with one attached hydrogen (secondary N) is 1. The SMILES string of the molecule is COc1cc2c(cc1Br)C(=O)NS2(=O)=O. The molecule has 0 saturated heterocycles. The van der Waals surface area contributed by atoms with Crippen LogP contribution in [0.15, 0.2) is 21.5 Å². The molecule has 15 heavy (non-hydrogen) atoms. The molecule has 2 rings (SSSR count). The van der Waals surface area contributed by atoms with Crippen molar-refractivity contribution in [1.82, 2.24) is 4.72 Å². The third-order valence-electron chi connectivity index (χ3n) is 2.02. The van der Waals surface area contributed by atoms with Crippen LogP contribution in [0, 0.1) is 0 Å².